The zero-order valence-electron chi connectivity index (χ0n) is 3.83. The van der Waals surface area contributed by atoms with Crippen LogP contribution in [0.3, 0.4) is 0 Å². The summed E-state index contributed by atoms with van der Waals surface area (Å²) in [6.07, 6.45) is 0. The van der Waals surface area contributed by atoms with E-state index in [2.05, 4.69) is 15.2 Å². The van der Waals surface area contributed by atoms with Crippen LogP contribution in [0.25, 0.3) is 0 Å². The summed E-state index contributed by atoms with van der Waals surface area (Å²) in [7, 11) is -9.13. The molecule has 0 saturated heterocycles. The van der Waals surface area contributed by atoms with E-state index in [9.17, 15) is 8.77 Å². The Labute approximate surface area is 55.8 Å². The van der Waals surface area contributed by atoms with Crippen molar-refractivity contribution >= 4 is 28.1 Å². The Kier molecular flexibility index (Phi) is 2.71. The van der Waals surface area contributed by atoms with Crippen LogP contribution in [0.15, 0.2) is 0 Å². The van der Waals surface area contributed by atoms with Crippen molar-refractivity contribution in [3.63, 3.8) is 0 Å². The average Bonchev–Trinajstić information content (AvgIpc) is 1.14. The Morgan fingerprint density at radius 2 is 1.89 bits per heavy atom. The van der Waals surface area contributed by atoms with Gasteiger partial charge in [-0.1, -0.05) is 0 Å². The van der Waals surface area contributed by atoms with E-state index in [4.69, 9.17) is 14.3 Å². The van der Waals surface area contributed by atoms with Crippen LogP contribution in [0.1, 0.15) is 0 Å². The zero-order chi connectivity index (χ0) is 7.71. The van der Waals surface area contributed by atoms with Gasteiger partial charge in [0.1, 0.15) is 0 Å². The molecule has 0 spiro atoms. The largest absolute Gasteiger partial charge is 0.484 e. The van der Waals surface area contributed by atoms with Crippen LogP contribution in [0.2, 0.25) is 0 Å². The molecule has 9 heteroatoms. The van der Waals surface area contributed by atoms with Crippen LogP contribution in [-0.2, 0) is 28.8 Å². The van der Waals surface area contributed by atoms with Crippen LogP contribution in [0.5, 0.6) is 0 Å². The van der Waals surface area contributed by atoms with Crippen molar-refractivity contribution in [2.45, 2.75) is 0 Å². The third kappa shape index (κ3) is 8.44. The highest BCUT2D eigenvalue weighted by Gasteiger charge is 2.20. The van der Waals surface area contributed by atoms with Crippen molar-refractivity contribution in [2.24, 2.45) is 0 Å². The Balaban J connectivity index is 4.26. The number of hydrogen-bond acceptors (Lipinski definition) is 4. The highest BCUT2D eigenvalue weighted by atomic mass is 32.9. The summed E-state index contributed by atoms with van der Waals surface area (Å²) in [6.45, 7) is 0. The molecular weight excluding hydrogens is 191 g/mol. The maximum atomic E-state index is 9.86. The zero-order valence-corrected chi connectivity index (χ0v) is 6.36. The average molecular weight is 194 g/mol. The molecule has 0 radical (unpaired) electrons. The predicted octanol–water partition coefficient (Wildman–Crippen LogP) is -0.770. The van der Waals surface area contributed by atoms with Gasteiger partial charge in [-0.15, -0.1) is 0 Å². The highest BCUT2D eigenvalue weighted by molar-refractivity contribution is 8.28. The molecule has 9 heavy (non-hydrogen) atoms. The maximum Gasteiger partial charge on any atom is 0.484 e. The smallest absolute Gasteiger partial charge is 0.302 e. The minimum absolute atomic E-state index is 3.19. The first-order valence-corrected chi connectivity index (χ1v) is 5.34. The summed E-state index contributed by atoms with van der Waals surface area (Å²) in [5.74, 6) is 0. The minimum atomic E-state index is -4.92. The molecule has 3 N–H and O–H groups in total. The van der Waals surface area contributed by atoms with E-state index < -0.39 is 16.9 Å². The second-order valence-corrected chi connectivity index (χ2v) is 4.69. The molecule has 0 aliphatic carbocycles. The Bertz CT molecular complexity index is 217. The molecule has 0 aliphatic rings. The Hall–Kier alpha value is 0.440. The Morgan fingerprint density at radius 1 is 1.56 bits per heavy atom. The molecule has 0 bridgehead atoms. The van der Waals surface area contributed by atoms with Crippen molar-refractivity contribution < 1.29 is 27.1 Å². The van der Waals surface area contributed by atoms with Gasteiger partial charge in [-0.25, -0.2) is 4.57 Å². The van der Waals surface area contributed by atoms with Gasteiger partial charge in [-0.2, -0.15) is 8.18 Å². The second kappa shape index (κ2) is 2.59. The molecule has 0 aromatic rings. The molecule has 6 nitrogen and oxygen atoms in total. The van der Waals surface area contributed by atoms with Crippen LogP contribution < -0.4 is 0 Å². The van der Waals surface area contributed by atoms with Crippen LogP contribution in [-0.4, -0.2) is 18.5 Å². The molecule has 56 valence electrons. The molecule has 0 aromatic carbocycles. The minimum Gasteiger partial charge on any atom is -0.302 e. The van der Waals surface area contributed by atoms with Crippen LogP contribution >= 0.6 is 7.82 Å². The van der Waals surface area contributed by atoms with Gasteiger partial charge in [0, 0.05) is 11.2 Å². The van der Waals surface area contributed by atoms with E-state index in [-0.39, 0.29) is 0 Å². The van der Waals surface area contributed by atoms with E-state index in [1.165, 1.54) is 0 Å². The standard InChI is InChI=1S/H3O6PS2/c1-7(2,3)6-9(4,5)8/h(H2,1,2,3)(H,4,5,8). The molecule has 1 unspecified atom stereocenters. The van der Waals surface area contributed by atoms with Crippen molar-refractivity contribution in [1.29, 1.82) is 0 Å². The van der Waals surface area contributed by atoms with E-state index in [1.54, 1.807) is 0 Å². The van der Waals surface area contributed by atoms with E-state index in [0.29, 0.717) is 0 Å². The van der Waals surface area contributed by atoms with Gasteiger partial charge in [-0.05, 0) is 0 Å². The number of rotatable bonds is 2. The molecule has 0 heterocycles. The van der Waals surface area contributed by atoms with Gasteiger partial charge in [0.2, 0.25) is 0 Å². The summed E-state index contributed by atoms with van der Waals surface area (Å²) < 4.78 is 30.7. The first-order chi connectivity index (χ1) is 3.71. The third-order valence-electron chi connectivity index (χ3n) is 0.191. The van der Waals surface area contributed by atoms with Gasteiger partial charge < -0.3 is 9.79 Å². The highest BCUT2D eigenvalue weighted by Crippen LogP contribution is 2.37. The first-order valence-electron chi connectivity index (χ1n) is 1.45. The number of hydrogen-bond donors (Lipinski definition) is 3. The SMILES string of the molecule is O=P(O)(O)OS(=O)(O)=S. The topological polar surface area (TPSA) is 104 Å². The summed E-state index contributed by atoms with van der Waals surface area (Å²) in [6, 6.07) is 0. The fraction of sp³-hybridized carbons (Fsp3) is 0. The number of phosphoric acid groups is 1. The normalized spacial score (nSPS) is 19.0. The summed E-state index contributed by atoms with van der Waals surface area (Å²) in [4.78, 5) is 15.7. The molecule has 0 fully saturated rings. The van der Waals surface area contributed by atoms with Crippen molar-refractivity contribution in [1.82, 2.24) is 0 Å². The fourth-order valence-corrected chi connectivity index (χ4v) is 1.82. The van der Waals surface area contributed by atoms with Crippen molar-refractivity contribution in [3.8, 4) is 0 Å². The second-order valence-electron chi connectivity index (χ2n) is 0.993. The van der Waals surface area contributed by atoms with E-state index in [1.807, 2.05) is 0 Å². The van der Waals surface area contributed by atoms with Crippen LogP contribution in [0, 0.1) is 0 Å². The van der Waals surface area contributed by atoms with Gasteiger partial charge >= 0.3 is 7.82 Å². The fourth-order valence-electron chi connectivity index (χ4n) is 0.123. The Morgan fingerprint density at radius 3 is 1.89 bits per heavy atom. The van der Waals surface area contributed by atoms with Crippen LogP contribution in [0.4, 0.5) is 0 Å². The van der Waals surface area contributed by atoms with E-state index in [0.717, 1.165) is 0 Å². The van der Waals surface area contributed by atoms with Gasteiger partial charge in [0.25, 0.3) is 9.05 Å². The quantitative estimate of drug-likeness (QED) is 0.496. The monoisotopic (exact) mass is 194 g/mol. The molecule has 0 rings (SSSR count). The molecule has 0 aromatic heterocycles. The molecule has 1 atom stereocenters. The summed E-state index contributed by atoms with van der Waals surface area (Å²) in [5, 5.41) is 0. The van der Waals surface area contributed by atoms with Gasteiger partial charge in [-0.3, -0.25) is 4.55 Å². The van der Waals surface area contributed by atoms with E-state index >= 15 is 0 Å². The predicted molar refractivity (Wildman–Crippen MR) is 31.3 cm³/mol. The lowest BCUT2D eigenvalue weighted by Crippen LogP contribution is -1.98. The molecule has 0 aliphatic heterocycles. The molecule has 0 amide bonds. The lowest BCUT2D eigenvalue weighted by molar-refractivity contribution is 0.281. The summed E-state index contributed by atoms with van der Waals surface area (Å²) in [5.41, 5.74) is 0. The third-order valence-corrected chi connectivity index (χ3v) is 2.27. The summed E-state index contributed by atoms with van der Waals surface area (Å²) >= 11 is 3.60. The first kappa shape index (κ1) is 9.44. The molecule has 0 saturated carbocycles. The van der Waals surface area contributed by atoms with Crippen molar-refractivity contribution in [3.05, 3.63) is 0 Å². The molecular formula is H3O6PS2. The van der Waals surface area contributed by atoms with Crippen molar-refractivity contribution in [2.75, 3.05) is 0 Å². The van der Waals surface area contributed by atoms with Gasteiger partial charge in [0.05, 0.1) is 0 Å². The lowest BCUT2D eigenvalue weighted by Gasteiger charge is -2.00. The van der Waals surface area contributed by atoms with Gasteiger partial charge in [0.15, 0.2) is 0 Å². The lowest BCUT2D eigenvalue weighted by atomic mass is 15.7. The maximum absolute atomic E-state index is 9.86.